The minimum absolute atomic E-state index is 0.00735. The van der Waals surface area contributed by atoms with Gasteiger partial charge in [-0.2, -0.15) is 0 Å². The fraction of sp³-hybridized carbons (Fsp3) is 0.316. The first-order valence-corrected chi connectivity index (χ1v) is 8.68. The molecule has 0 spiro atoms. The molecule has 0 fully saturated rings. The van der Waals surface area contributed by atoms with Crippen molar-refractivity contribution in [2.75, 3.05) is 6.61 Å². The Labute approximate surface area is 146 Å². The Kier molecular flexibility index (Phi) is 6.66. The van der Waals surface area contributed by atoms with Crippen molar-refractivity contribution in [1.29, 1.82) is 0 Å². The molecule has 3 nitrogen and oxygen atoms in total. The van der Waals surface area contributed by atoms with Crippen molar-refractivity contribution in [2.45, 2.75) is 32.7 Å². The SMILES string of the molecule is CCc1ccc(OCC(=O)NC(CC)c2ccccc2)c(Br)c1. The smallest absolute Gasteiger partial charge is 0.258 e. The third kappa shape index (κ3) is 5.10. The first-order chi connectivity index (χ1) is 11.1. The van der Waals surface area contributed by atoms with Gasteiger partial charge in [0.15, 0.2) is 6.61 Å². The largest absolute Gasteiger partial charge is 0.483 e. The molecule has 0 aromatic heterocycles. The van der Waals surface area contributed by atoms with Crippen LogP contribution in [0, 0.1) is 0 Å². The summed E-state index contributed by atoms with van der Waals surface area (Å²) < 4.78 is 6.50. The van der Waals surface area contributed by atoms with Crippen molar-refractivity contribution in [2.24, 2.45) is 0 Å². The van der Waals surface area contributed by atoms with E-state index in [9.17, 15) is 4.79 Å². The molecule has 0 aliphatic heterocycles. The maximum Gasteiger partial charge on any atom is 0.258 e. The van der Waals surface area contributed by atoms with E-state index < -0.39 is 0 Å². The van der Waals surface area contributed by atoms with Crippen LogP contribution in [-0.4, -0.2) is 12.5 Å². The van der Waals surface area contributed by atoms with E-state index in [0.29, 0.717) is 5.75 Å². The Morgan fingerprint density at radius 2 is 1.91 bits per heavy atom. The number of ether oxygens (including phenoxy) is 1. The number of aryl methyl sites for hydroxylation is 1. The molecule has 0 aliphatic rings. The van der Waals surface area contributed by atoms with Gasteiger partial charge >= 0.3 is 0 Å². The van der Waals surface area contributed by atoms with Crippen LogP contribution in [0.5, 0.6) is 5.75 Å². The van der Waals surface area contributed by atoms with E-state index in [1.807, 2.05) is 48.5 Å². The van der Waals surface area contributed by atoms with E-state index >= 15 is 0 Å². The lowest BCUT2D eigenvalue weighted by atomic mass is 10.0. The molecule has 0 radical (unpaired) electrons. The van der Waals surface area contributed by atoms with Gasteiger partial charge in [0.25, 0.3) is 5.91 Å². The molecule has 4 heteroatoms. The van der Waals surface area contributed by atoms with Crippen LogP contribution in [0.2, 0.25) is 0 Å². The fourth-order valence-electron chi connectivity index (χ4n) is 2.37. The third-order valence-corrected chi connectivity index (χ3v) is 4.33. The van der Waals surface area contributed by atoms with Crippen molar-refractivity contribution in [3.63, 3.8) is 0 Å². The average Bonchev–Trinajstić information content (AvgIpc) is 2.59. The number of hydrogen-bond acceptors (Lipinski definition) is 2. The van der Waals surface area contributed by atoms with Gasteiger partial charge in [0.1, 0.15) is 5.75 Å². The number of hydrogen-bond donors (Lipinski definition) is 1. The lowest BCUT2D eigenvalue weighted by Gasteiger charge is -2.18. The number of carbonyl (C=O) groups is 1. The summed E-state index contributed by atoms with van der Waals surface area (Å²) in [7, 11) is 0. The van der Waals surface area contributed by atoms with Crippen LogP contribution in [0.4, 0.5) is 0 Å². The van der Waals surface area contributed by atoms with Crippen LogP contribution in [0.15, 0.2) is 53.0 Å². The first-order valence-electron chi connectivity index (χ1n) is 7.89. The second-order valence-corrected chi connectivity index (χ2v) is 6.20. The number of halogens is 1. The predicted octanol–water partition coefficient (Wildman–Crippen LogP) is 4.66. The molecule has 2 aromatic carbocycles. The summed E-state index contributed by atoms with van der Waals surface area (Å²) in [6.07, 6.45) is 1.80. The van der Waals surface area contributed by atoms with Gasteiger partial charge < -0.3 is 10.1 Å². The number of nitrogens with one attached hydrogen (secondary N) is 1. The molecule has 23 heavy (non-hydrogen) atoms. The molecule has 2 aromatic rings. The molecule has 0 aliphatic carbocycles. The highest BCUT2D eigenvalue weighted by atomic mass is 79.9. The lowest BCUT2D eigenvalue weighted by molar-refractivity contribution is -0.123. The Balaban J connectivity index is 1.92. The van der Waals surface area contributed by atoms with E-state index in [-0.39, 0.29) is 18.6 Å². The summed E-state index contributed by atoms with van der Waals surface area (Å²) in [5.74, 6) is 0.567. The van der Waals surface area contributed by atoms with Crippen LogP contribution >= 0.6 is 15.9 Å². The third-order valence-electron chi connectivity index (χ3n) is 3.71. The van der Waals surface area contributed by atoms with Crippen molar-refractivity contribution < 1.29 is 9.53 Å². The van der Waals surface area contributed by atoms with Gasteiger partial charge in [-0.25, -0.2) is 0 Å². The van der Waals surface area contributed by atoms with Crippen LogP contribution in [-0.2, 0) is 11.2 Å². The number of carbonyl (C=O) groups excluding carboxylic acids is 1. The van der Waals surface area contributed by atoms with Crippen molar-refractivity contribution >= 4 is 21.8 Å². The standard InChI is InChI=1S/C19H22BrNO2/c1-3-14-10-11-18(16(20)12-14)23-13-19(22)21-17(4-2)15-8-6-5-7-9-15/h5-12,17H,3-4,13H2,1-2H3,(H,21,22). The zero-order valence-electron chi connectivity index (χ0n) is 13.5. The van der Waals surface area contributed by atoms with Crippen molar-refractivity contribution in [3.05, 3.63) is 64.1 Å². The van der Waals surface area contributed by atoms with Gasteiger partial charge in [0.2, 0.25) is 0 Å². The van der Waals surface area contributed by atoms with Crippen molar-refractivity contribution in [1.82, 2.24) is 5.32 Å². The summed E-state index contributed by atoms with van der Waals surface area (Å²) >= 11 is 3.48. The Hall–Kier alpha value is -1.81. The maximum atomic E-state index is 12.1. The molecule has 0 bridgehead atoms. The minimum atomic E-state index is -0.118. The minimum Gasteiger partial charge on any atom is -0.483 e. The molecule has 1 unspecified atom stereocenters. The fourth-order valence-corrected chi connectivity index (χ4v) is 2.91. The molecular weight excluding hydrogens is 354 g/mol. The maximum absolute atomic E-state index is 12.1. The highest BCUT2D eigenvalue weighted by molar-refractivity contribution is 9.10. The van der Waals surface area contributed by atoms with Gasteiger partial charge in [-0.1, -0.05) is 50.2 Å². The number of benzene rings is 2. The number of rotatable bonds is 7. The zero-order valence-corrected chi connectivity index (χ0v) is 15.1. The molecule has 122 valence electrons. The average molecular weight is 376 g/mol. The summed E-state index contributed by atoms with van der Waals surface area (Å²) in [5, 5.41) is 3.02. The second kappa shape index (κ2) is 8.73. The Morgan fingerprint density at radius 1 is 1.17 bits per heavy atom. The van der Waals surface area contributed by atoms with Gasteiger partial charge in [-0.3, -0.25) is 4.79 Å². The molecule has 0 heterocycles. The topological polar surface area (TPSA) is 38.3 Å². The summed E-state index contributed by atoms with van der Waals surface area (Å²) in [6.45, 7) is 4.16. The predicted molar refractivity (Wildman–Crippen MR) is 96.6 cm³/mol. The van der Waals surface area contributed by atoms with Crippen LogP contribution in [0.25, 0.3) is 0 Å². The quantitative estimate of drug-likeness (QED) is 0.764. The summed E-state index contributed by atoms with van der Waals surface area (Å²) in [5.41, 5.74) is 2.33. The van der Waals surface area contributed by atoms with E-state index in [1.165, 1.54) is 5.56 Å². The monoisotopic (exact) mass is 375 g/mol. The molecule has 2 rings (SSSR count). The molecular formula is C19H22BrNO2. The van der Waals surface area contributed by atoms with Gasteiger partial charge in [0.05, 0.1) is 10.5 Å². The Bertz CT molecular complexity index is 643. The molecule has 1 amide bonds. The second-order valence-electron chi connectivity index (χ2n) is 5.35. The van der Waals surface area contributed by atoms with Gasteiger partial charge in [0, 0.05) is 0 Å². The highest BCUT2D eigenvalue weighted by Crippen LogP contribution is 2.26. The van der Waals surface area contributed by atoms with E-state index in [1.54, 1.807) is 0 Å². The first kappa shape index (κ1) is 17.5. The van der Waals surface area contributed by atoms with Crippen molar-refractivity contribution in [3.8, 4) is 5.75 Å². The lowest BCUT2D eigenvalue weighted by Crippen LogP contribution is -2.32. The molecule has 0 saturated carbocycles. The summed E-state index contributed by atoms with van der Waals surface area (Å²) in [6, 6.07) is 15.9. The van der Waals surface area contributed by atoms with Crippen LogP contribution in [0.1, 0.15) is 37.4 Å². The normalized spacial score (nSPS) is 11.8. The molecule has 0 saturated heterocycles. The van der Waals surface area contributed by atoms with E-state index in [0.717, 1.165) is 22.9 Å². The summed E-state index contributed by atoms with van der Waals surface area (Å²) in [4.78, 5) is 12.1. The Morgan fingerprint density at radius 3 is 2.52 bits per heavy atom. The molecule has 1 atom stereocenters. The van der Waals surface area contributed by atoms with Gasteiger partial charge in [-0.05, 0) is 52.0 Å². The van der Waals surface area contributed by atoms with Crippen LogP contribution < -0.4 is 10.1 Å². The van der Waals surface area contributed by atoms with E-state index in [4.69, 9.17) is 4.74 Å². The van der Waals surface area contributed by atoms with Gasteiger partial charge in [-0.15, -0.1) is 0 Å². The van der Waals surface area contributed by atoms with E-state index in [2.05, 4.69) is 35.1 Å². The molecule has 1 N–H and O–H groups in total. The highest BCUT2D eigenvalue weighted by Gasteiger charge is 2.13. The van der Waals surface area contributed by atoms with Crippen LogP contribution in [0.3, 0.4) is 0 Å². The number of amides is 1. The zero-order chi connectivity index (χ0) is 16.7.